The van der Waals surface area contributed by atoms with E-state index in [4.69, 9.17) is 0 Å². The normalized spacial score (nSPS) is 10.9. The van der Waals surface area contributed by atoms with E-state index >= 15 is 0 Å². The lowest BCUT2D eigenvalue weighted by Gasteiger charge is -2.07. The molecular weight excluding hydrogens is 390 g/mol. The smallest absolute Gasteiger partial charge is 0.337 e. The van der Waals surface area contributed by atoms with Crippen LogP contribution in [0.1, 0.15) is 10.4 Å². The fraction of sp³-hybridized carbons (Fsp3) is 0. The van der Waals surface area contributed by atoms with Crippen LogP contribution in [-0.4, -0.2) is 26.1 Å². The molecule has 0 bridgehead atoms. The largest absolute Gasteiger partial charge is 0.478 e. The van der Waals surface area contributed by atoms with Crippen molar-refractivity contribution in [2.45, 2.75) is 0 Å². The van der Waals surface area contributed by atoms with Crippen LogP contribution in [0.25, 0.3) is 16.7 Å². The summed E-state index contributed by atoms with van der Waals surface area (Å²) in [7, 11) is 0. The van der Waals surface area contributed by atoms with Crippen molar-refractivity contribution in [3.63, 3.8) is 0 Å². The first-order chi connectivity index (χ1) is 9.58. The Balaban J connectivity index is 2.37. The van der Waals surface area contributed by atoms with Gasteiger partial charge in [-0.05, 0) is 46.3 Å². The number of carbonyl (C=O) groups is 1. The van der Waals surface area contributed by atoms with Crippen LogP contribution in [0.3, 0.4) is 0 Å². The number of hydrogen-bond acceptors (Lipinski definition) is 3. The van der Waals surface area contributed by atoms with E-state index in [0.717, 1.165) is 14.6 Å². The van der Waals surface area contributed by atoms with Crippen LogP contribution in [0.5, 0.6) is 0 Å². The molecule has 100 valence electrons. The molecule has 0 aliphatic carbocycles. The number of para-hydroxylation sites is 1. The molecule has 0 aliphatic heterocycles. The Morgan fingerprint density at radius 2 is 2.00 bits per heavy atom. The molecule has 5 nitrogen and oxygen atoms in total. The van der Waals surface area contributed by atoms with Gasteiger partial charge in [0.1, 0.15) is 11.0 Å². The summed E-state index contributed by atoms with van der Waals surface area (Å²) in [5.74, 6) is -1.01. The van der Waals surface area contributed by atoms with Crippen molar-refractivity contribution in [3.05, 3.63) is 50.9 Å². The standard InChI is InChI=1S/C13H7Br2N3O2/c14-7-4-5-9(15)11(6-7)18-12-8(13(19)20)2-1-3-10(12)16-17-18/h1-6H,(H,19,20). The van der Waals surface area contributed by atoms with Crippen molar-refractivity contribution < 1.29 is 9.90 Å². The first kappa shape index (κ1) is 13.3. The van der Waals surface area contributed by atoms with E-state index < -0.39 is 5.97 Å². The van der Waals surface area contributed by atoms with Gasteiger partial charge in [-0.2, -0.15) is 0 Å². The second-order valence-electron chi connectivity index (χ2n) is 4.08. The number of benzene rings is 2. The lowest BCUT2D eigenvalue weighted by molar-refractivity contribution is 0.0698. The average molecular weight is 397 g/mol. The summed E-state index contributed by atoms with van der Waals surface area (Å²) < 4.78 is 3.19. The Kier molecular flexibility index (Phi) is 3.31. The highest BCUT2D eigenvalue weighted by atomic mass is 79.9. The van der Waals surface area contributed by atoms with Crippen LogP contribution in [0.4, 0.5) is 0 Å². The van der Waals surface area contributed by atoms with E-state index in [0.29, 0.717) is 11.0 Å². The third kappa shape index (κ3) is 2.12. The second kappa shape index (κ2) is 4.99. The van der Waals surface area contributed by atoms with Crippen molar-refractivity contribution in [1.29, 1.82) is 0 Å². The number of fused-ring (bicyclic) bond motifs is 1. The molecule has 0 unspecified atom stereocenters. The Morgan fingerprint density at radius 3 is 2.75 bits per heavy atom. The Labute approximate surface area is 130 Å². The summed E-state index contributed by atoms with van der Waals surface area (Å²) in [5, 5.41) is 17.4. The molecule has 1 heterocycles. The summed E-state index contributed by atoms with van der Waals surface area (Å²) in [6.45, 7) is 0. The molecule has 1 aromatic heterocycles. The first-order valence-electron chi connectivity index (χ1n) is 5.61. The highest BCUT2D eigenvalue weighted by Gasteiger charge is 2.17. The number of carboxylic acid groups (broad SMARTS) is 1. The van der Waals surface area contributed by atoms with Crippen LogP contribution in [0.2, 0.25) is 0 Å². The van der Waals surface area contributed by atoms with Gasteiger partial charge in [-0.3, -0.25) is 0 Å². The Hall–Kier alpha value is -1.73. The lowest BCUT2D eigenvalue weighted by atomic mass is 10.2. The summed E-state index contributed by atoms with van der Waals surface area (Å²) in [6.07, 6.45) is 0. The molecule has 0 atom stereocenters. The van der Waals surface area contributed by atoms with E-state index in [-0.39, 0.29) is 5.56 Å². The van der Waals surface area contributed by atoms with Crippen LogP contribution in [-0.2, 0) is 0 Å². The van der Waals surface area contributed by atoms with Gasteiger partial charge in [0.05, 0.1) is 11.3 Å². The molecule has 0 amide bonds. The minimum atomic E-state index is -1.01. The zero-order valence-electron chi connectivity index (χ0n) is 9.92. The number of carboxylic acids is 1. The average Bonchev–Trinajstić information content (AvgIpc) is 2.85. The predicted molar refractivity (Wildman–Crippen MR) is 81.2 cm³/mol. The van der Waals surface area contributed by atoms with E-state index in [9.17, 15) is 9.90 Å². The number of rotatable bonds is 2. The second-order valence-corrected chi connectivity index (χ2v) is 5.85. The van der Waals surface area contributed by atoms with E-state index in [2.05, 4.69) is 42.2 Å². The van der Waals surface area contributed by atoms with Gasteiger partial charge in [-0.25, -0.2) is 9.48 Å². The van der Waals surface area contributed by atoms with Gasteiger partial charge >= 0.3 is 5.97 Å². The molecule has 2 aromatic carbocycles. The fourth-order valence-corrected chi connectivity index (χ4v) is 2.73. The van der Waals surface area contributed by atoms with Crippen molar-refractivity contribution in [2.75, 3.05) is 0 Å². The van der Waals surface area contributed by atoms with Crippen molar-refractivity contribution in [3.8, 4) is 5.69 Å². The van der Waals surface area contributed by atoms with Gasteiger partial charge in [0, 0.05) is 8.95 Å². The predicted octanol–water partition coefficient (Wildman–Crippen LogP) is 3.64. The summed E-state index contributed by atoms with van der Waals surface area (Å²) >= 11 is 6.84. The molecule has 1 N–H and O–H groups in total. The number of aromatic nitrogens is 3. The molecule has 7 heteroatoms. The van der Waals surface area contributed by atoms with Gasteiger partial charge in [0.25, 0.3) is 0 Å². The summed E-state index contributed by atoms with van der Waals surface area (Å²) in [6, 6.07) is 10.5. The third-order valence-corrected chi connectivity index (χ3v) is 4.00. The third-order valence-electron chi connectivity index (χ3n) is 2.84. The van der Waals surface area contributed by atoms with Crippen molar-refractivity contribution in [2.24, 2.45) is 0 Å². The van der Waals surface area contributed by atoms with Crippen LogP contribution in [0.15, 0.2) is 45.3 Å². The van der Waals surface area contributed by atoms with Crippen LogP contribution >= 0.6 is 31.9 Å². The Morgan fingerprint density at radius 1 is 1.20 bits per heavy atom. The molecule has 0 spiro atoms. The van der Waals surface area contributed by atoms with Crippen LogP contribution in [0, 0.1) is 0 Å². The number of nitrogens with zero attached hydrogens (tertiary/aromatic N) is 3. The zero-order valence-corrected chi connectivity index (χ0v) is 13.1. The molecule has 0 saturated heterocycles. The van der Waals surface area contributed by atoms with Gasteiger partial charge in [-0.15, -0.1) is 5.10 Å². The quantitative estimate of drug-likeness (QED) is 0.717. The summed E-state index contributed by atoms with van der Waals surface area (Å²) in [4.78, 5) is 11.4. The minimum Gasteiger partial charge on any atom is -0.478 e. The maximum atomic E-state index is 11.4. The zero-order chi connectivity index (χ0) is 14.3. The number of aromatic carboxylic acids is 1. The van der Waals surface area contributed by atoms with E-state index in [1.165, 1.54) is 10.7 Å². The lowest BCUT2D eigenvalue weighted by Crippen LogP contribution is -2.04. The fourth-order valence-electron chi connectivity index (χ4n) is 1.96. The maximum absolute atomic E-state index is 11.4. The van der Waals surface area contributed by atoms with Gasteiger partial charge < -0.3 is 5.11 Å². The van der Waals surface area contributed by atoms with Crippen molar-refractivity contribution >= 4 is 48.9 Å². The molecule has 0 fully saturated rings. The minimum absolute atomic E-state index is 0.166. The number of hydrogen-bond donors (Lipinski definition) is 1. The van der Waals surface area contributed by atoms with Crippen LogP contribution < -0.4 is 0 Å². The molecule has 3 rings (SSSR count). The van der Waals surface area contributed by atoms with E-state index in [1.54, 1.807) is 12.1 Å². The van der Waals surface area contributed by atoms with Crippen molar-refractivity contribution in [1.82, 2.24) is 15.0 Å². The van der Waals surface area contributed by atoms with E-state index in [1.807, 2.05) is 18.2 Å². The maximum Gasteiger partial charge on any atom is 0.337 e. The highest BCUT2D eigenvalue weighted by molar-refractivity contribution is 9.11. The molecule has 0 aliphatic rings. The summed E-state index contributed by atoms with van der Waals surface area (Å²) in [5.41, 5.74) is 1.89. The Bertz CT molecular complexity index is 830. The monoisotopic (exact) mass is 395 g/mol. The topological polar surface area (TPSA) is 68.0 Å². The molecule has 0 radical (unpaired) electrons. The number of halogens is 2. The van der Waals surface area contributed by atoms with Gasteiger partial charge in [0.15, 0.2) is 0 Å². The SMILES string of the molecule is O=C(O)c1cccc2nnn(-c3cc(Br)ccc3Br)c12. The van der Waals surface area contributed by atoms with Gasteiger partial charge in [-0.1, -0.05) is 27.2 Å². The first-order valence-corrected chi connectivity index (χ1v) is 7.19. The molecule has 0 saturated carbocycles. The highest BCUT2D eigenvalue weighted by Crippen LogP contribution is 2.28. The van der Waals surface area contributed by atoms with Gasteiger partial charge in [0.2, 0.25) is 0 Å². The molecule has 20 heavy (non-hydrogen) atoms. The molecule has 3 aromatic rings. The molecular formula is C13H7Br2N3O2.